The zero-order valence-electron chi connectivity index (χ0n) is 12.3. The van der Waals surface area contributed by atoms with Gasteiger partial charge in [0.1, 0.15) is 0 Å². The lowest BCUT2D eigenvalue weighted by molar-refractivity contribution is -0.120. The van der Waals surface area contributed by atoms with Crippen molar-refractivity contribution < 1.29 is 9.53 Å². The molecule has 0 aromatic heterocycles. The maximum absolute atomic E-state index is 11.8. The van der Waals surface area contributed by atoms with Crippen molar-refractivity contribution in [2.24, 2.45) is 5.92 Å². The summed E-state index contributed by atoms with van der Waals surface area (Å²) in [4.78, 5) is 14.2. The normalized spacial score (nSPS) is 20.3. The smallest absolute Gasteiger partial charge is 0.233 e. The maximum Gasteiger partial charge on any atom is 0.233 e. The van der Waals surface area contributed by atoms with Crippen LogP contribution in [0.25, 0.3) is 0 Å². The first-order valence-corrected chi connectivity index (χ1v) is 8.19. The number of nitrogens with zero attached hydrogens (tertiary/aromatic N) is 1. The molecule has 0 spiro atoms. The van der Waals surface area contributed by atoms with Gasteiger partial charge in [0.2, 0.25) is 5.91 Å². The van der Waals surface area contributed by atoms with E-state index in [1.165, 1.54) is 0 Å². The summed E-state index contributed by atoms with van der Waals surface area (Å²) in [5, 5.41) is 3.07. The number of rotatable bonds is 7. The van der Waals surface area contributed by atoms with E-state index >= 15 is 0 Å². The molecule has 0 radical (unpaired) electrons. The second-order valence-corrected chi connectivity index (χ2v) is 6.66. The molecule has 1 aliphatic heterocycles. The van der Waals surface area contributed by atoms with Crippen LogP contribution in [-0.2, 0) is 9.53 Å². The highest BCUT2D eigenvalue weighted by molar-refractivity contribution is 9.10. The lowest BCUT2D eigenvalue weighted by atomic mass is 10.0. The van der Waals surface area contributed by atoms with E-state index in [-0.39, 0.29) is 10.7 Å². The Hall–Kier alpha value is -0.130. The molecule has 0 aliphatic carbocycles. The summed E-state index contributed by atoms with van der Waals surface area (Å²) in [5.74, 6) is 0.736. The van der Waals surface area contributed by atoms with Crippen LogP contribution in [0.1, 0.15) is 33.6 Å². The molecule has 5 heteroatoms. The van der Waals surface area contributed by atoms with Gasteiger partial charge in [-0.2, -0.15) is 0 Å². The molecule has 0 aromatic rings. The van der Waals surface area contributed by atoms with Crippen molar-refractivity contribution in [1.29, 1.82) is 0 Å². The predicted octanol–water partition coefficient (Wildman–Crippen LogP) is 2.02. The second-order valence-electron chi connectivity index (χ2n) is 5.55. The van der Waals surface area contributed by atoms with E-state index < -0.39 is 0 Å². The monoisotopic (exact) mass is 334 g/mol. The Bertz CT molecular complexity index is 268. The van der Waals surface area contributed by atoms with Crippen LogP contribution < -0.4 is 5.32 Å². The third-order valence-corrected chi connectivity index (χ3v) is 4.52. The topological polar surface area (TPSA) is 41.6 Å². The fraction of sp³-hybridized carbons (Fsp3) is 0.929. The first kappa shape index (κ1) is 16.9. The fourth-order valence-electron chi connectivity index (χ4n) is 2.36. The molecule has 0 saturated carbocycles. The number of nitrogens with one attached hydrogen (secondary N) is 1. The van der Waals surface area contributed by atoms with E-state index in [1.54, 1.807) is 0 Å². The second kappa shape index (κ2) is 8.93. The Morgan fingerprint density at radius 2 is 2.00 bits per heavy atom. The minimum Gasteiger partial charge on any atom is -0.379 e. The molecular formula is C14H27BrN2O2. The molecule has 1 fully saturated rings. The molecule has 1 aliphatic rings. The molecule has 1 N–H and O–H groups in total. The average Bonchev–Trinajstić information content (AvgIpc) is 2.42. The predicted molar refractivity (Wildman–Crippen MR) is 81.7 cm³/mol. The first-order valence-electron chi connectivity index (χ1n) is 7.28. The summed E-state index contributed by atoms with van der Waals surface area (Å²) in [6, 6.07) is 0.421. The van der Waals surface area contributed by atoms with E-state index in [9.17, 15) is 4.79 Å². The Balaban J connectivity index is 2.46. The van der Waals surface area contributed by atoms with Crippen molar-refractivity contribution in [3.8, 4) is 0 Å². The van der Waals surface area contributed by atoms with Crippen molar-refractivity contribution in [2.45, 2.75) is 44.5 Å². The van der Waals surface area contributed by atoms with Gasteiger partial charge in [-0.3, -0.25) is 9.69 Å². The molecule has 1 rings (SSSR count). The molecule has 1 saturated heterocycles. The van der Waals surface area contributed by atoms with Crippen LogP contribution in [0.15, 0.2) is 0 Å². The number of hydrogen-bond acceptors (Lipinski definition) is 3. The number of ether oxygens (including phenoxy) is 1. The Kier molecular flexibility index (Phi) is 7.95. The fourth-order valence-corrected chi connectivity index (χ4v) is 2.52. The average molecular weight is 335 g/mol. The van der Waals surface area contributed by atoms with Crippen LogP contribution in [0, 0.1) is 5.92 Å². The van der Waals surface area contributed by atoms with Crippen molar-refractivity contribution in [3.05, 3.63) is 0 Å². The summed E-state index contributed by atoms with van der Waals surface area (Å²) < 4.78 is 5.40. The highest BCUT2D eigenvalue weighted by atomic mass is 79.9. The van der Waals surface area contributed by atoms with Gasteiger partial charge in [0, 0.05) is 25.7 Å². The van der Waals surface area contributed by atoms with Gasteiger partial charge < -0.3 is 10.1 Å². The molecule has 19 heavy (non-hydrogen) atoms. The largest absolute Gasteiger partial charge is 0.379 e. The van der Waals surface area contributed by atoms with Crippen molar-refractivity contribution in [1.82, 2.24) is 10.2 Å². The van der Waals surface area contributed by atoms with E-state index in [0.29, 0.717) is 12.0 Å². The van der Waals surface area contributed by atoms with Gasteiger partial charge in [-0.1, -0.05) is 36.7 Å². The Morgan fingerprint density at radius 1 is 1.37 bits per heavy atom. The summed E-state index contributed by atoms with van der Waals surface area (Å²) in [6.45, 7) is 10.8. The Labute approximate surface area is 125 Å². The number of alkyl halides is 1. The lowest BCUT2D eigenvalue weighted by Crippen LogP contribution is -2.50. The van der Waals surface area contributed by atoms with Crippen LogP contribution >= 0.6 is 15.9 Å². The van der Waals surface area contributed by atoms with Gasteiger partial charge in [0.05, 0.1) is 18.0 Å². The van der Waals surface area contributed by atoms with E-state index in [1.807, 2.05) is 6.92 Å². The quantitative estimate of drug-likeness (QED) is 0.724. The number of hydrogen-bond donors (Lipinski definition) is 1. The molecule has 0 aromatic carbocycles. The van der Waals surface area contributed by atoms with Gasteiger partial charge in [0.25, 0.3) is 0 Å². The highest BCUT2D eigenvalue weighted by Gasteiger charge is 2.23. The third-order valence-electron chi connectivity index (χ3n) is 3.46. The number of halogens is 1. The molecule has 1 amide bonds. The van der Waals surface area contributed by atoms with Gasteiger partial charge in [-0.05, 0) is 18.8 Å². The SMILES string of the molecule is CCC(Br)C(=O)NCC(CC(C)C)N1CCOCC1. The van der Waals surface area contributed by atoms with Crippen molar-refractivity contribution in [2.75, 3.05) is 32.8 Å². The van der Waals surface area contributed by atoms with Gasteiger partial charge >= 0.3 is 0 Å². The molecule has 4 nitrogen and oxygen atoms in total. The molecular weight excluding hydrogens is 308 g/mol. The zero-order chi connectivity index (χ0) is 14.3. The molecule has 2 atom stereocenters. The maximum atomic E-state index is 11.8. The summed E-state index contributed by atoms with van der Waals surface area (Å²) in [7, 11) is 0. The lowest BCUT2D eigenvalue weighted by Gasteiger charge is -2.35. The number of amides is 1. The minimum absolute atomic E-state index is 0.0723. The van der Waals surface area contributed by atoms with Crippen molar-refractivity contribution in [3.63, 3.8) is 0 Å². The van der Waals surface area contributed by atoms with E-state index in [0.717, 1.165) is 45.7 Å². The van der Waals surface area contributed by atoms with Crippen LogP contribution in [0.5, 0.6) is 0 Å². The molecule has 2 unspecified atom stereocenters. The summed E-state index contributed by atoms with van der Waals surface area (Å²) in [6.07, 6.45) is 1.93. The number of carbonyl (C=O) groups excluding carboxylic acids is 1. The highest BCUT2D eigenvalue weighted by Crippen LogP contribution is 2.13. The standard InChI is InChI=1S/C14H27BrN2O2/c1-4-13(15)14(18)16-10-12(9-11(2)3)17-5-7-19-8-6-17/h11-13H,4-10H2,1-3H3,(H,16,18). The van der Waals surface area contributed by atoms with Gasteiger partial charge in [0.15, 0.2) is 0 Å². The molecule has 1 heterocycles. The van der Waals surface area contributed by atoms with Gasteiger partial charge in [-0.25, -0.2) is 0 Å². The Morgan fingerprint density at radius 3 is 2.53 bits per heavy atom. The van der Waals surface area contributed by atoms with Crippen LogP contribution in [0.2, 0.25) is 0 Å². The number of carbonyl (C=O) groups is 1. The number of morpholine rings is 1. The third kappa shape index (κ3) is 6.23. The van der Waals surface area contributed by atoms with Crippen molar-refractivity contribution >= 4 is 21.8 Å². The van der Waals surface area contributed by atoms with E-state index in [2.05, 4.69) is 40.0 Å². The van der Waals surface area contributed by atoms with Crippen LogP contribution in [-0.4, -0.2) is 54.5 Å². The first-order chi connectivity index (χ1) is 9.04. The van der Waals surface area contributed by atoms with Gasteiger partial charge in [-0.15, -0.1) is 0 Å². The summed E-state index contributed by atoms with van der Waals surface area (Å²) >= 11 is 3.39. The molecule has 0 bridgehead atoms. The summed E-state index contributed by atoms with van der Waals surface area (Å²) in [5.41, 5.74) is 0. The minimum atomic E-state index is -0.0723. The molecule has 112 valence electrons. The van der Waals surface area contributed by atoms with Crippen LogP contribution in [0.4, 0.5) is 0 Å². The van der Waals surface area contributed by atoms with Crippen LogP contribution in [0.3, 0.4) is 0 Å². The zero-order valence-corrected chi connectivity index (χ0v) is 13.9. The van der Waals surface area contributed by atoms with E-state index in [4.69, 9.17) is 4.74 Å².